The second kappa shape index (κ2) is 7.37. The van der Waals surface area contributed by atoms with Gasteiger partial charge in [0.15, 0.2) is 11.6 Å². The molecule has 0 amide bonds. The van der Waals surface area contributed by atoms with E-state index in [9.17, 15) is 9.59 Å². The van der Waals surface area contributed by atoms with Crippen LogP contribution in [0.5, 0.6) is 0 Å². The molecule has 0 unspecified atom stereocenters. The third kappa shape index (κ3) is 3.07. The third-order valence-electron chi connectivity index (χ3n) is 5.26. The van der Waals surface area contributed by atoms with Gasteiger partial charge in [-0.05, 0) is 18.2 Å². The summed E-state index contributed by atoms with van der Waals surface area (Å²) in [6, 6.07) is 32.5. The Kier molecular flexibility index (Phi) is 4.41. The van der Waals surface area contributed by atoms with Crippen molar-refractivity contribution in [3.8, 4) is 0 Å². The average Bonchev–Trinajstić information content (AvgIpc) is 2.81. The highest BCUT2D eigenvalue weighted by atomic mass is 16.1. The monoisotopic (exact) mass is 387 g/mol. The minimum absolute atomic E-state index is 0.0641. The maximum atomic E-state index is 12.1. The number of ketones is 2. The van der Waals surface area contributed by atoms with E-state index < -0.39 is 0 Å². The molecule has 4 aromatic carbocycles. The summed E-state index contributed by atoms with van der Waals surface area (Å²) in [5, 5.41) is 2.40. The van der Waals surface area contributed by atoms with Crippen molar-refractivity contribution in [3.05, 3.63) is 125 Å². The van der Waals surface area contributed by atoms with Crippen LogP contribution in [0.1, 0.15) is 31.8 Å². The summed E-state index contributed by atoms with van der Waals surface area (Å²) >= 11 is 0. The molecule has 3 nitrogen and oxygen atoms in total. The highest BCUT2D eigenvalue weighted by Crippen LogP contribution is 2.26. The van der Waals surface area contributed by atoms with Gasteiger partial charge in [-0.15, -0.1) is 0 Å². The van der Waals surface area contributed by atoms with E-state index in [1.807, 2.05) is 36.4 Å². The minimum atomic E-state index is -0.0641. The number of carbonyl (C=O) groups excluding carboxylic acids is 2. The van der Waals surface area contributed by atoms with Gasteiger partial charge in [0, 0.05) is 33.0 Å². The van der Waals surface area contributed by atoms with E-state index in [0.717, 1.165) is 11.0 Å². The number of hydrogen-bond donors (Lipinski definition) is 0. The van der Waals surface area contributed by atoms with Gasteiger partial charge in [0.2, 0.25) is 0 Å². The molecule has 1 heterocycles. The molecule has 1 aromatic heterocycles. The molecule has 0 N–H and O–H groups in total. The zero-order valence-corrected chi connectivity index (χ0v) is 16.1. The lowest BCUT2D eigenvalue weighted by Crippen LogP contribution is -2.20. The first-order valence-corrected chi connectivity index (χ1v) is 9.74. The normalized spacial score (nSPS) is 12.1. The summed E-state index contributed by atoms with van der Waals surface area (Å²) in [7, 11) is 0. The minimum Gasteiger partial charge on any atom is -0.289 e. The first-order chi connectivity index (χ1) is 14.7. The van der Waals surface area contributed by atoms with Gasteiger partial charge >= 0.3 is 0 Å². The lowest BCUT2D eigenvalue weighted by molar-refractivity contribution is 0.0979. The number of carbonyl (C=O) groups is 2. The van der Waals surface area contributed by atoms with Crippen molar-refractivity contribution in [1.82, 2.24) is 4.98 Å². The molecule has 0 atom stereocenters. The number of fused-ring (bicyclic) bond motifs is 4. The zero-order valence-electron chi connectivity index (χ0n) is 16.1. The molecule has 0 spiro atoms. The first kappa shape index (κ1) is 18.0. The van der Waals surface area contributed by atoms with E-state index in [4.69, 9.17) is 0 Å². The number of hydrogen-bond acceptors (Lipinski definition) is 3. The maximum Gasteiger partial charge on any atom is 0.194 e. The topological polar surface area (TPSA) is 47.0 Å². The van der Waals surface area contributed by atoms with Gasteiger partial charge < -0.3 is 0 Å². The summed E-state index contributed by atoms with van der Waals surface area (Å²) in [4.78, 5) is 28.8. The largest absolute Gasteiger partial charge is 0.289 e. The van der Waals surface area contributed by atoms with Crippen molar-refractivity contribution in [2.24, 2.45) is 0 Å². The lowest BCUT2D eigenvalue weighted by atomic mass is 9.84. The van der Waals surface area contributed by atoms with E-state index >= 15 is 0 Å². The van der Waals surface area contributed by atoms with Gasteiger partial charge in [-0.2, -0.15) is 0 Å². The van der Waals surface area contributed by atoms with E-state index in [0.29, 0.717) is 22.3 Å². The fourth-order valence-electron chi connectivity index (χ4n) is 3.77. The predicted octanol–water partition coefficient (Wildman–Crippen LogP) is 5.85. The van der Waals surface area contributed by atoms with Gasteiger partial charge in [-0.25, -0.2) is 4.98 Å². The molecule has 30 heavy (non-hydrogen) atoms. The second-order valence-electron chi connectivity index (χ2n) is 7.12. The summed E-state index contributed by atoms with van der Waals surface area (Å²) in [5.41, 5.74) is 4.15. The van der Waals surface area contributed by atoms with Crippen molar-refractivity contribution < 1.29 is 9.59 Å². The fourth-order valence-corrected chi connectivity index (χ4v) is 3.77. The molecule has 142 valence electrons. The Morgan fingerprint density at radius 1 is 0.433 bits per heavy atom. The van der Waals surface area contributed by atoms with Crippen LogP contribution < -0.4 is 0 Å². The van der Waals surface area contributed by atoms with E-state index in [1.165, 1.54) is 10.8 Å². The van der Waals surface area contributed by atoms with Crippen LogP contribution in [0.4, 0.5) is 0 Å². The highest BCUT2D eigenvalue weighted by Gasteiger charge is 2.28. The zero-order chi connectivity index (χ0) is 20.5. The van der Waals surface area contributed by atoms with Crippen LogP contribution in [-0.2, 0) is 0 Å². The number of nitrogens with zero attached hydrogens (tertiary/aromatic N) is 1. The molecular weight excluding hydrogens is 370 g/mol. The van der Waals surface area contributed by atoms with Gasteiger partial charge in [-0.3, -0.25) is 9.59 Å². The van der Waals surface area contributed by atoms with Gasteiger partial charge in [0.25, 0.3) is 0 Å². The molecule has 1 aliphatic carbocycles. The van der Waals surface area contributed by atoms with Crippen LogP contribution in [0.25, 0.3) is 21.8 Å². The number of pyridine rings is 1. The first-order valence-electron chi connectivity index (χ1n) is 9.74. The quantitative estimate of drug-likeness (QED) is 0.307. The second-order valence-corrected chi connectivity index (χ2v) is 7.12. The number of benzene rings is 4. The van der Waals surface area contributed by atoms with Crippen LogP contribution in [0.15, 0.2) is 103 Å². The summed E-state index contributed by atoms with van der Waals surface area (Å²) in [5.74, 6) is -0.128. The Morgan fingerprint density at radius 2 is 0.767 bits per heavy atom. The van der Waals surface area contributed by atoms with Crippen LogP contribution in [-0.4, -0.2) is 16.6 Å². The van der Waals surface area contributed by atoms with Gasteiger partial charge in [0.1, 0.15) is 0 Å². The number of aromatic nitrogens is 1. The average molecular weight is 387 g/mol. The van der Waals surface area contributed by atoms with E-state index in [1.54, 1.807) is 48.5 Å². The standard InChI is InChI=1S/C14H8O2.C13H9N/c15-13-9-5-1-2-6-10(9)14(16)12-8-4-3-7-11(12)13;1-3-7-12-10(5-1)9-11-6-2-4-8-13(11)14-12/h1-8H;1-9H. The Morgan fingerprint density at radius 3 is 1.17 bits per heavy atom. The SMILES string of the molecule is O=C1c2ccccc2C(=O)c2ccccc21.c1ccc2nc3ccccc3cc2c1. The molecular formula is C27H17NO2. The Bertz CT molecular complexity index is 1230. The van der Waals surface area contributed by atoms with Crippen molar-refractivity contribution in [2.45, 2.75) is 0 Å². The summed E-state index contributed by atoms with van der Waals surface area (Å²) in [6.07, 6.45) is 0. The van der Waals surface area contributed by atoms with E-state index in [-0.39, 0.29) is 11.6 Å². The number of rotatable bonds is 0. The van der Waals surface area contributed by atoms with Crippen molar-refractivity contribution in [2.75, 3.05) is 0 Å². The molecule has 1 aliphatic rings. The molecule has 0 radical (unpaired) electrons. The molecule has 3 heteroatoms. The molecule has 6 rings (SSSR count). The number of para-hydroxylation sites is 2. The van der Waals surface area contributed by atoms with E-state index in [2.05, 4.69) is 23.2 Å². The van der Waals surface area contributed by atoms with Crippen LogP contribution in [0.3, 0.4) is 0 Å². The maximum absolute atomic E-state index is 12.1. The van der Waals surface area contributed by atoms with Crippen molar-refractivity contribution in [3.63, 3.8) is 0 Å². The Labute approximate surface area is 173 Å². The molecule has 0 bridgehead atoms. The van der Waals surface area contributed by atoms with Crippen LogP contribution >= 0.6 is 0 Å². The summed E-state index contributed by atoms with van der Waals surface area (Å²) < 4.78 is 0. The van der Waals surface area contributed by atoms with Crippen LogP contribution in [0.2, 0.25) is 0 Å². The Balaban J connectivity index is 0.000000130. The Hall–Kier alpha value is -4.11. The molecule has 0 aliphatic heterocycles. The van der Waals surface area contributed by atoms with Gasteiger partial charge in [-0.1, -0.05) is 84.9 Å². The summed E-state index contributed by atoms with van der Waals surface area (Å²) in [6.45, 7) is 0. The van der Waals surface area contributed by atoms with Gasteiger partial charge in [0.05, 0.1) is 11.0 Å². The molecule has 0 saturated carbocycles. The van der Waals surface area contributed by atoms with Crippen molar-refractivity contribution >= 4 is 33.4 Å². The highest BCUT2D eigenvalue weighted by molar-refractivity contribution is 6.28. The van der Waals surface area contributed by atoms with Crippen LogP contribution in [0, 0.1) is 0 Å². The predicted molar refractivity (Wildman–Crippen MR) is 119 cm³/mol. The molecule has 0 fully saturated rings. The third-order valence-corrected chi connectivity index (χ3v) is 5.26. The molecule has 5 aromatic rings. The fraction of sp³-hybridized carbons (Fsp3) is 0. The smallest absolute Gasteiger partial charge is 0.194 e. The van der Waals surface area contributed by atoms with Crippen molar-refractivity contribution in [1.29, 1.82) is 0 Å². The molecule has 0 saturated heterocycles. The lowest BCUT2D eigenvalue weighted by Gasteiger charge is -2.16.